The Labute approximate surface area is 152 Å². The predicted molar refractivity (Wildman–Crippen MR) is 99.3 cm³/mol. The molecule has 0 saturated heterocycles. The third-order valence-electron chi connectivity index (χ3n) is 4.93. The molecule has 1 atom stereocenters. The second kappa shape index (κ2) is 6.78. The van der Waals surface area contributed by atoms with Gasteiger partial charge in [-0.1, -0.05) is 24.3 Å². The Morgan fingerprint density at radius 3 is 2.62 bits per heavy atom. The van der Waals surface area contributed by atoms with E-state index in [9.17, 15) is 14.4 Å². The summed E-state index contributed by atoms with van der Waals surface area (Å²) < 4.78 is 6.58. The van der Waals surface area contributed by atoms with Crippen molar-refractivity contribution in [1.29, 1.82) is 0 Å². The van der Waals surface area contributed by atoms with Crippen molar-refractivity contribution >= 4 is 17.6 Å². The largest absolute Gasteiger partial charge is 0.465 e. The Morgan fingerprint density at radius 1 is 1.23 bits per heavy atom. The van der Waals surface area contributed by atoms with Crippen LogP contribution in [-0.2, 0) is 21.4 Å². The molecule has 136 valence electrons. The average molecular weight is 354 g/mol. The molecular weight excluding hydrogens is 332 g/mol. The zero-order valence-electron chi connectivity index (χ0n) is 15.4. The van der Waals surface area contributed by atoms with Crippen LogP contribution in [-0.4, -0.2) is 29.6 Å². The van der Waals surface area contributed by atoms with E-state index in [1.807, 2.05) is 38.1 Å². The minimum atomic E-state index is -0.497. The maximum atomic E-state index is 13.1. The van der Waals surface area contributed by atoms with Crippen molar-refractivity contribution in [3.8, 4) is 11.1 Å². The van der Waals surface area contributed by atoms with Crippen molar-refractivity contribution in [2.24, 2.45) is 7.05 Å². The molecule has 0 saturated carbocycles. The van der Waals surface area contributed by atoms with Gasteiger partial charge >= 0.3 is 5.97 Å². The Bertz CT molecular complexity index is 945. The maximum absolute atomic E-state index is 13.1. The van der Waals surface area contributed by atoms with Crippen molar-refractivity contribution in [2.75, 3.05) is 18.1 Å². The number of hydrogen-bond acceptors (Lipinski definition) is 4. The zero-order chi connectivity index (χ0) is 19.0. The Balaban J connectivity index is 2.31. The summed E-state index contributed by atoms with van der Waals surface area (Å²) in [6, 6.07) is 9.09. The van der Waals surface area contributed by atoms with Gasteiger partial charge < -0.3 is 9.30 Å². The lowest BCUT2D eigenvalue weighted by Crippen LogP contribution is -2.39. The molecule has 3 rings (SSSR count). The van der Waals surface area contributed by atoms with Crippen LogP contribution in [0.5, 0.6) is 0 Å². The van der Waals surface area contributed by atoms with Gasteiger partial charge in [0, 0.05) is 24.4 Å². The third kappa shape index (κ3) is 2.81. The van der Waals surface area contributed by atoms with Crippen LogP contribution >= 0.6 is 0 Å². The molecule has 1 aromatic carbocycles. The minimum Gasteiger partial charge on any atom is -0.465 e. The van der Waals surface area contributed by atoms with E-state index < -0.39 is 11.9 Å². The van der Waals surface area contributed by atoms with E-state index in [4.69, 9.17) is 4.74 Å². The summed E-state index contributed by atoms with van der Waals surface area (Å²) in [5, 5.41) is 0. The molecule has 2 aromatic rings. The topological polar surface area (TPSA) is 68.6 Å². The molecule has 0 N–H and O–H groups in total. The highest BCUT2D eigenvalue weighted by atomic mass is 16.5. The highest BCUT2D eigenvalue weighted by Crippen LogP contribution is 2.41. The maximum Gasteiger partial charge on any atom is 0.326 e. The van der Waals surface area contributed by atoms with E-state index in [1.165, 1.54) is 11.0 Å². The molecule has 1 aliphatic rings. The van der Waals surface area contributed by atoms with Crippen molar-refractivity contribution in [3.05, 3.63) is 51.9 Å². The summed E-state index contributed by atoms with van der Waals surface area (Å²) in [6.07, 6.45) is 0. The summed E-state index contributed by atoms with van der Waals surface area (Å²) in [7, 11) is 1.70. The second-order valence-electron chi connectivity index (χ2n) is 6.43. The van der Waals surface area contributed by atoms with E-state index in [1.54, 1.807) is 18.5 Å². The highest BCUT2D eigenvalue weighted by molar-refractivity contribution is 6.07. The van der Waals surface area contributed by atoms with Gasteiger partial charge in [0.1, 0.15) is 6.54 Å². The van der Waals surface area contributed by atoms with Crippen LogP contribution in [0.25, 0.3) is 11.1 Å². The first kappa shape index (κ1) is 17.9. The smallest absolute Gasteiger partial charge is 0.326 e. The number of aromatic nitrogens is 1. The number of esters is 1. The van der Waals surface area contributed by atoms with Crippen LogP contribution in [0.3, 0.4) is 0 Å². The number of benzene rings is 1. The molecule has 1 amide bonds. The van der Waals surface area contributed by atoms with Crippen LogP contribution < -0.4 is 10.5 Å². The number of rotatable bonds is 3. The van der Waals surface area contributed by atoms with Crippen molar-refractivity contribution in [3.63, 3.8) is 0 Å². The van der Waals surface area contributed by atoms with Crippen LogP contribution in [0.2, 0.25) is 0 Å². The molecule has 0 aliphatic carbocycles. The van der Waals surface area contributed by atoms with Crippen LogP contribution in [0.1, 0.15) is 31.0 Å². The zero-order valence-corrected chi connectivity index (χ0v) is 15.4. The first-order valence-corrected chi connectivity index (χ1v) is 8.63. The fraction of sp³-hybridized carbons (Fsp3) is 0.350. The quantitative estimate of drug-likeness (QED) is 0.794. The molecule has 0 radical (unpaired) electrons. The summed E-state index contributed by atoms with van der Waals surface area (Å²) in [5.41, 5.74) is 3.56. The molecule has 1 aliphatic heterocycles. The lowest BCUT2D eigenvalue weighted by atomic mass is 9.92. The van der Waals surface area contributed by atoms with Gasteiger partial charge in [0.25, 0.3) is 5.56 Å². The number of ether oxygens (including phenoxy) is 1. The van der Waals surface area contributed by atoms with Gasteiger partial charge in [0.05, 0.1) is 18.2 Å². The highest BCUT2D eigenvalue weighted by Gasteiger charge is 2.34. The number of nitrogens with zero attached hydrogens (tertiary/aromatic N) is 2. The molecule has 1 unspecified atom stereocenters. The van der Waals surface area contributed by atoms with Crippen LogP contribution in [0, 0.1) is 6.92 Å². The number of amides is 1. The predicted octanol–water partition coefficient (Wildman–Crippen LogP) is 2.37. The first-order valence-electron chi connectivity index (χ1n) is 8.63. The molecule has 6 nitrogen and oxygen atoms in total. The standard InChI is InChI=1S/C20H22N2O4/c1-5-26-18(24)11-22-16-10-17(23)21(4)13(3)19(16)15-9-7-6-8-14(15)12(2)20(22)25/h6-10,12H,5,11H2,1-4H3. The fourth-order valence-corrected chi connectivity index (χ4v) is 3.44. The van der Waals surface area contributed by atoms with Gasteiger partial charge in [-0.3, -0.25) is 19.3 Å². The number of carbonyl (C=O) groups is 2. The van der Waals surface area contributed by atoms with E-state index in [0.717, 1.165) is 22.4 Å². The molecular formula is C20H22N2O4. The molecule has 0 bridgehead atoms. The SMILES string of the molecule is CCOC(=O)CN1C(=O)C(C)c2ccccc2-c2c1cc(=O)n(C)c2C. The van der Waals surface area contributed by atoms with Gasteiger partial charge in [0.2, 0.25) is 5.91 Å². The van der Waals surface area contributed by atoms with Gasteiger partial charge in [-0.2, -0.15) is 0 Å². The van der Waals surface area contributed by atoms with E-state index in [-0.39, 0.29) is 24.6 Å². The molecule has 0 fully saturated rings. The van der Waals surface area contributed by atoms with Gasteiger partial charge in [-0.25, -0.2) is 0 Å². The molecule has 0 spiro atoms. The summed E-state index contributed by atoms with van der Waals surface area (Å²) in [4.78, 5) is 39.0. The van der Waals surface area contributed by atoms with Crippen molar-refractivity contribution < 1.29 is 14.3 Å². The Kier molecular flexibility index (Phi) is 4.68. The molecule has 26 heavy (non-hydrogen) atoms. The summed E-state index contributed by atoms with van der Waals surface area (Å²) in [6.45, 7) is 5.40. The lowest BCUT2D eigenvalue weighted by Gasteiger charge is -2.25. The van der Waals surface area contributed by atoms with Crippen LogP contribution in [0.4, 0.5) is 5.69 Å². The van der Waals surface area contributed by atoms with E-state index in [0.29, 0.717) is 5.69 Å². The number of pyridine rings is 1. The summed E-state index contributed by atoms with van der Waals surface area (Å²) in [5.74, 6) is -1.16. The van der Waals surface area contributed by atoms with Gasteiger partial charge in [-0.05, 0) is 31.9 Å². The molecule has 2 heterocycles. The van der Waals surface area contributed by atoms with Gasteiger partial charge in [-0.15, -0.1) is 0 Å². The second-order valence-corrected chi connectivity index (χ2v) is 6.43. The van der Waals surface area contributed by atoms with Crippen LogP contribution in [0.15, 0.2) is 35.1 Å². The van der Waals surface area contributed by atoms with E-state index in [2.05, 4.69) is 0 Å². The molecule has 6 heteroatoms. The minimum absolute atomic E-state index is 0.218. The molecule has 1 aromatic heterocycles. The Hall–Kier alpha value is -2.89. The number of hydrogen-bond donors (Lipinski definition) is 0. The average Bonchev–Trinajstić information content (AvgIpc) is 2.70. The van der Waals surface area contributed by atoms with E-state index >= 15 is 0 Å². The summed E-state index contributed by atoms with van der Waals surface area (Å²) >= 11 is 0. The number of fused-ring (bicyclic) bond motifs is 3. The fourth-order valence-electron chi connectivity index (χ4n) is 3.44. The van der Waals surface area contributed by atoms with Crippen molar-refractivity contribution in [1.82, 2.24) is 4.57 Å². The van der Waals surface area contributed by atoms with Gasteiger partial charge in [0.15, 0.2) is 0 Å². The normalized spacial score (nSPS) is 15.9. The number of anilines is 1. The Morgan fingerprint density at radius 2 is 1.92 bits per heavy atom. The first-order chi connectivity index (χ1) is 12.4. The monoisotopic (exact) mass is 354 g/mol. The third-order valence-corrected chi connectivity index (χ3v) is 4.93. The number of carbonyl (C=O) groups excluding carboxylic acids is 2. The lowest BCUT2D eigenvalue weighted by molar-refractivity contribution is -0.142. The van der Waals surface area contributed by atoms with Crippen molar-refractivity contribution in [2.45, 2.75) is 26.7 Å².